The SMILES string of the molecule is CC(C)(C)c1ccc(N2CCCC(NC(=O)c3cnccn3)C2)nn1. The molecule has 2 aromatic heterocycles. The fourth-order valence-electron chi connectivity index (χ4n) is 2.87. The molecule has 3 heterocycles. The van der Waals surface area contributed by atoms with Gasteiger partial charge in [-0.05, 0) is 25.0 Å². The van der Waals surface area contributed by atoms with E-state index in [0.717, 1.165) is 37.4 Å². The second-order valence-electron chi connectivity index (χ2n) is 7.38. The Balaban J connectivity index is 1.64. The standard InChI is InChI=1S/C18H24N6O/c1-18(2,3)15-6-7-16(23-22-15)24-10-4-5-13(12-24)21-17(25)14-11-19-8-9-20-14/h6-9,11,13H,4-5,10,12H2,1-3H3,(H,21,25). The van der Waals surface area contributed by atoms with E-state index in [1.54, 1.807) is 6.20 Å². The van der Waals surface area contributed by atoms with E-state index in [4.69, 9.17) is 0 Å². The number of amides is 1. The smallest absolute Gasteiger partial charge is 0.271 e. The van der Waals surface area contributed by atoms with Crippen LogP contribution in [0.15, 0.2) is 30.7 Å². The molecule has 25 heavy (non-hydrogen) atoms. The molecule has 0 bridgehead atoms. The molecule has 1 unspecified atom stereocenters. The van der Waals surface area contributed by atoms with Crippen molar-refractivity contribution >= 4 is 11.7 Å². The summed E-state index contributed by atoms with van der Waals surface area (Å²) in [6.07, 6.45) is 6.49. The van der Waals surface area contributed by atoms with Crippen molar-refractivity contribution in [3.8, 4) is 0 Å². The predicted molar refractivity (Wildman–Crippen MR) is 95.5 cm³/mol. The first-order valence-electron chi connectivity index (χ1n) is 8.59. The number of carbonyl (C=O) groups excluding carboxylic acids is 1. The number of anilines is 1. The van der Waals surface area contributed by atoms with Crippen molar-refractivity contribution in [1.29, 1.82) is 0 Å². The first-order valence-corrected chi connectivity index (χ1v) is 8.59. The van der Waals surface area contributed by atoms with Crippen LogP contribution in [0.3, 0.4) is 0 Å². The van der Waals surface area contributed by atoms with Crippen molar-refractivity contribution in [3.05, 3.63) is 42.1 Å². The summed E-state index contributed by atoms with van der Waals surface area (Å²) in [5.41, 5.74) is 1.30. The minimum Gasteiger partial charge on any atom is -0.353 e. The van der Waals surface area contributed by atoms with E-state index in [1.807, 2.05) is 12.1 Å². The average molecular weight is 340 g/mol. The molecule has 0 spiro atoms. The van der Waals surface area contributed by atoms with Gasteiger partial charge in [-0.2, -0.15) is 5.10 Å². The molecule has 0 aromatic carbocycles. The first-order chi connectivity index (χ1) is 11.9. The lowest BCUT2D eigenvalue weighted by molar-refractivity contribution is 0.0927. The molecule has 7 heteroatoms. The average Bonchev–Trinajstić information content (AvgIpc) is 2.62. The van der Waals surface area contributed by atoms with Crippen LogP contribution in [0.2, 0.25) is 0 Å². The number of carbonyl (C=O) groups is 1. The monoisotopic (exact) mass is 340 g/mol. The summed E-state index contributed by atoms with van der Waals surface area (Å²) in [5.74, 6) is 0.667. The maximum absolute atomic E-state index is 12.3. The highest BCUT2D eigenvalue weighted by atomic mass is 16.2. The number of aromatic nitrogens is 4. The van der Waals surface area contributed by atoms with Gasteiger partial charge in [-0.1, -0.05) is 20.8 Å². The highest BCUT2D eigenvalue weighted by Gasteiger charge is 2.24. The molecule has 0 aliphatic carbocycles. The van der Waals surface area contributed by atoms with Crippen LogP contribution >= 0.6 is 0 Å². The van der Waals surface area contributed by atoms with Crippen molar-refractivity contribution in [2.24, 2.45) is 0 Å². The van der Waals surface area contributed by atoms with Crippen LogP contribution in [0.5, 0.6) is 0 Å². The molecule has 1 atom stereocenters. The molecule has 1 N–H and O–H groups in total. The summed E-state index contributed by atoms with van der Waals surface area (Å²) in [5, 5.41) is 11.8. The molecule has 3 rings (SSSR count). The molecule has 0 saturated carbocycles. The Bertz CT molecular complexity index is 711. The number of hydrogen-bond donors (Lipinski definition) is 1. The third-order valence-corrected chi connectivity index (χ3v) is 4.30. The zero-order valence-electron chi connectivity index (χ0n) is 14.9. The summed E-state index contributed by atoms with van der Waals surface area (Å²) in [6.45, 7) is 8.00. The molecule has 1 saturated heterocycles. The summed E-state index contributed by atoms with van der Waals surface area (Å²) >= 11 is 0. The van der Waals surface area contributed by atoms with Gasteiger partial charge >= 0.3 is 0 Å². The Labute approximate surface area is 147 Å². The third-order valence-electron chi connectivity index (χ3n) is 4.30. The molecule has 1 aliphatic heterocycles. The molecule has 0 radical (unpaired) electrons. The number of rotatable bonds is 3. The molecule has 7 nitrogen and oxygen atoms in total. The van der Waals surface area contributed by atoms with Crippen LogP contribution in [0.4, 0.5) is 5.82 Å². The minimum absolute atomic E-state index is 0.0132. The number of piperidine rings is 1. The van der Waals surface area contributed by atoms with Crippen molar-refractivity contribution in [3.63, 3.8) is 0 Å². The molecule has 1 amide bonds. The quantitative estimate of drug-likeness (QED) is 0.919. The Hall–Kier alpha value is -2.57. The van der Waals surface area contributed by atoms with E-state index in [-0.39, 0.29) is 17.4 Å². The van der Waals surface area contributed by atoms with Crippen LogP contribution in [0, 0.1) is 0 Å². The van der Waals surface area contributed by atoms with Gasteiger partial charge in [-0.15, -0.1) is 5.10 Å². The van der Waals surface area contributed by atoms with Gasteiger partial charge in [-0.25, -0.2) is 4.98 Å². The minimum atomic E-state index is -0.186. The molecular weight excluding hydrogens is 316 g/mol. The van der Waals surface area contributed by atoms with Crippen LogP contribution in [0.1, 0.15) is 49.8 Å². The summed E-state index contributed by atoms with van der Waals surface area (Å²) in [6, 6.07) is 4.11. The van der Waals surface area contributed by atoms with E-state index in [0.29, 0.717) is 5.69 Å². The van der Waals surface area contributed by atoms with E-state index in [2.05, 4.69) is 51.2 Å². The van der Waals surface area contributed by atoms with Gasteiger partial charge in [0.2, 0.25) is 0 Å². The van der Waals surface area contributed by atoms with Crippen LogP contribution in [-0.2, 0) is 5.41 Å². The number of nitrogens with one attached hydrogen (secondary N) is 1. The van der Waals surface area contributed by atoms with Crippen LogP contribution in [-0.4, -0.2) is 45.2 Å². The zero-order chi connectivity index (χ0) is 17.9. The van der Waals surface area contributed by atoms with E-state index in [1.165, 1.54) is 12.4 Å². The van der Waals surface area contributed by atoms with Crippen LogP contribution in [0.25, 0.3) is 0 Å². The van der Waals surface area contributed by atoms with Gasteiger partial charge < -0.3 is 10.2 Å². The van der Waals surface area contributed by atoms with Gasteiger partial charge in [0, 0.05) is 36.9 Å². The van der Waals surface area contributed by atoms with Crippen LogP contribution < -0.4 is 10.2 Å². The normalized spacial score (nSPS) is 18.0. The first kappa shape index (κ1) is 17.3. The summed E-state index contributed by atoms with van der Waals surface area (Å²) in [7, 11) is 0. The van der Waals surface area contributed by atoms with Gasteiger partial charge in [0.25, 0.3) is 5.91 Å². The Morgan fingerprint density at radius 3 is 2.72 bits per heavy atom. The Morgan fingerprint density at radius 2 is 2.08 bits per heavy atom. The molecular formula is C18H24N6O. The molecule has 1 fully saturated rings. The van der Waals surface area contributed by atoms with Crippen molar-refractivity contribution in [2.75, 3.05) is 18.0 Å². The van der Waals surface area contributed by atoms with Crippen molar-refractivity contribution in [2.45, 2.75) is 45.1 Å². The maximum atomic E-state index is 12.3. The van der Waals surface area contributed by atoms with Gasteiger partial charge in [0.15, 0.2) is 5.82 Å². The van der Waals surface area contributed by atoms with E-state index < -0.39 is 0 Å². The molecule has 1 aliphatic rings. The second kappa shape index (κ2) is 7.13. The fourth-order valence-corrected chi connectivity index (χ4v) is 2.87. The van der Waals surface area contributed by atoms with E-state index >= 15 is 0 Å². The second-order valence-corrected chi connectivity index (χ2v) is 7.38. The lowest BCUT2D eigenvalue weighted by atomic mass is 9.92. The summed E-state index contributed by atoms with van der Waals surface area (Å²) in [4.78, 5) is 22.4. The third kappa shape index (κ3) is 4.29. The molecule has 132 valence electrons. The van der Waals surface area contributed by atoms with Crippen molar-refractivity contribution < 1.29 is 4.79 Å². The highest BCUT2D eigenvalue weighted by molar-refractivity contribution is 5.92. The lowest BCUT2D eigenvalue weighted by Gasteiger charge is -2.33. The summed E-state index contributed by atoms with van der Waals surface area (Å²) < 4.78 is 0. The zero-order valence-corrected chi connectivity index (χ0v) is 14.9. The Kier molecular flexibility index (Phi) is 4.92. The van der Waals surface area contributed by atoms with E-state index in [9.17, 15) is 4.79 Å². The molecule has 2 aromatic rings. The lowest BCUT2D eigenvalue weighted by Crippen LogP contribution is -2.48. The predicted octanol–water partition coefficient (Wildman–Crippen LogP) is 1.96. The number of hydrogen-bond acceptors (Lipinski definition) is 6. The van der Waals surface area contributed by atoms with Gasteiger partial charge in [0.05, 0.1) is 11.9 Å². The number of nitrogens with zero attached hydrogens (tertiary/aromatic N) is 5. The van der Waals surface area contributed by atoms with Crippen molar-refractivity contribution in [1.82, 2.24) is 25.5 Å². The van der Waals surface area contributed by atoms with Gasteiger partial charge in [0.1, 0.15) is 5.69 Å². The highest BCUT2D eigenvalue weighted by Crippen LogP contribution is 2.22. The largest absolute Gasteiger partial charge is 0.353 e. The fraction of sp³-hybridized carbons (Fsp3) is 0.500. The Morgan fingerprint density at radius 1 is 1.24 bits per heavy atom. The van der Waals surface area contributed by atoms with Gasteiger partial charge in [-0.3, -0.25) is 9.78 Å². The maximum Gasteiger partial charge on any atom is 0.271 e. The topological polar surface area (TPSA) is 83.9 Å².